The van der Waals surface area contributed by atoms with Crippen molar-refractivity contribution in [1.82, 2.24) is 9.55 Å². The number of aliphatic hydroxyl groups excluding tert-OH is 3. The zero-order valence-electron chi connectivity index (χ0n) is 19.1. The molecule has 3 atom stereocenters. The van der Waals surface area contributed by atoms with Crippen LogP contribution in [0.2, 0.25) is 0 Å². The Morgan fingerprint density at radius 1 is 1.12 bits per heavy atom. The van der Waals surface area contributed by atoms with Gasteiger partial charge < -0.3 is 29.4 Å². The van der Waals surface area contributed by atoms with Crippen molar-refractivity contribution < 1.29 is 34.4 Å². The molecule has 33 heavy (non-hydrogen) atoms. The molecule has 2 rings (SSSR count). The molecule has 1 aromatic heterocycles. The highest BCUT2D eigenvalue weighted by atomic mass is 16.5. The number of esters is 2. The van der Waals surface area contributed by atoms with Crippen LogP contribution in [0, 0.1) is 19.8 Å². The van der Waals surface area contributed by atoms with E-state index in [1.165, 1.54) is 6.08 Å². The molecule has 0 aliphatic carbocycles. The normalized spacial score (nSPS) is 14.1. The SMILES string of the molecule is C=CCOC(=O)c1nc2cc(C)c(C)cc2n(C[C@H](O)[C@H](O)[C@H](O)COC(=O)C(C)C)c1=O. The Hall–Kier alpha value is -3.08. The van der Waals surface area contributed by atoms with Gasteiger partial charge in [-0.2, -0.15) is 0 Å². The zero-order valence-corrected chi connectivity index (χ0v) is 19.1. The lowest BCUT2D eigenvalue weighted by Gasteiger charge is -2.24. The van der Waals surface area contributed by atoms with Gasteiger partial charge in [0, 0.05) is 0 Å². The maximum Gasteiger partial charge on any atom is 0.363 e. The number of hydrogen-bond acceptors (Lipinski definition) is 9. The predicted octanol–water partition coefficient (Wildman–Crippen LogP) is 0.638. The van der Waals surface area contributed by atoms with Crippen LogP contribution in [-0.4, -0.2) is 68.3 Å². The fourth-order valence-electron chi connectivity index (χ4n) is 3.00. The molecule has 0 radical (unpaired) electrons. The van der Waals surface area contributed by atoms with Gasteiger partial charge in [0.2, 0.25) is 5.69 Å². The Morgan fingerprint density at radius 3 is 2.36 bits per heavy atom. The minimum atomic E-state index is -1.73. The highest BCUT2D eigenvalue weighted by Gasteiger charge is 2.28. The summed E-state index contributed by atoms with van der Waals surface area (Å²) in [6.45, 7) is 9.24. The summed E-state index contributed by atoms with van der Waals surface area (Å²) in [6.07, 6.45) is -3.60. The third-order valence-corrected chi connectivity index (χ3v) is 5.11. The first-order valence-electron chi connectivity index (χ1n) is 10.5. The molecule has 0 bridgehead atoms. The monoisotopic (exact) mass is 462 g/mol. The first kappa shape index (κ1) is 26.2. The van der Waals surface area contributed by atoms with E-state index in [1.54, 1.807) is 26.0 Å². The molecule has 10 nitrogen and oxygen atoms in total. The minimum Gasteiger partial charge on any atom is -0.463 e. The van der Waals surface area contributed by atoms with Gasteiger partial charge in [0.15, 0.2) is 0 Å². The van der Waals surface area contributed by atoms with Crippen molar-refractivity contribution in [3.8, 4) is 0 Å². The number of aliphatic hydroxyl groups is 3. The number of carbonyl (C=O) groups is 2. The van der Waals surface area contributed by atoms with Gasteiger partial charge in [-0.3, -0.25) is 9.59 Å². The molecule has 0 unspecified atom stereocenters. The van der Waals surface area contributed by atoms with Crippen molar-refractivity contribution in [1.29, 1.82) is 0 Å². The van der Waals surface area contributed by atoms with Gasteiger partial charge in [-0.05, 0) is 37.1 Å². The summed E-state index contributed by atoms with van der Waals surface area (Å²) in [4.78, 5) is 41.1. The summed E-state index contributed by atoms with van der Waals surface area (Å²) in [6, 6.07) is 3.37. The van der Waals surface area contributed by atoms with Gasteiger partial charge in [-0.1, -0.05) is 26.5 Å². The van der Waals surface area contributed by atoms with Crippen LogP contribution in [0.15, 0.2) is 29.6 Å². The number of nitrogens with zero attached hydrogens (tertiary/aromatic N) is 2. The standard InChI is InChI=1S/C23H30N2O8/c1-6-7-32-23(31)19-21(29)25(16-9-14(5)13(4)8-15(16)24-19)10-17(26)20(28)18(27)11-33-22(30)12(2)3/h6,8-9,12,17-18,20,26-28H,1,7,10-11H2,2-5H3/t17-,18+,20-/m0/s1. The molecule has 0 aliphatic heterocycles. The maximum absolute atomic E-state index is 13.1. The van der Waals surface area contributed by atoms with E-state index in [0.29, 0.717) is 11.0 Å². The van der Waals surface area contributed by atoms with Gasteiger partial charge in [-0.15, -0.1) is 0 Å². The van der Waals surface area contributed by atoms with Crippen LogP contribution in [0.4, 0.5) is 0 Å². The van der Waals surface area contributed by atoms with Gasteiger partial charge in [0.25, 0.3) is 5.56 Å². The summed E-state index contributed by atoms with van der Waals surface area (Å²) in [5, 5.41) is 31.0. The van der Waals surface area contributed by atoms with Crippen molar-refractivity contribution in [2.24, 2.45) is 5.92 Å². The van der Waals surface area contributed by atoms with E-state index >= 15 is 0 Å². The lowest BCUT2D eigenvalue weighted by molar-refractivity contribution is -0.155. The topological polar surface area (TPSA) is 148 Å². The van der Waals surface area contributed by atoms with Crippen molar-refractivity contribution in [2.45, 2.75) is 52.6 Å². The quantitative estimate of drug-likeness (QED) is 0.342. The van der Waals surface area contributed by atoms with Crippen LogP contribution in [0.1, 0.15) is 35.5 Å². The molecule has 3 N–H and O–H groups in total. The number of rotatable bonds is 10. The summed E-state index contributed by atoms with van der Waals surface area (Å²) in [5.74, 6) is -1.95. The lowest BCUT2D eigenvalue weighted by Crippen LogP contribution is -2.44. The van der Waals surface area contributed by atoms with Crippen molar-refractivity contribution >= 4 is 23.0 Å². The summed E-state index contributed by atoms with van der Waals surface area (Å²) < 4.78 is 10.9. The zero-order chi connectivity index (χ0) is 24.9. The molecule has 0 fully saturated rings. The average Bonchev–Trinajstić information content (AvgIpc) is 2.77. The molecule has 0 saturated heterocycles. The van der Waals surface area contributed by atoms with E-state index in [1.807, 2.05) is 13.8 Å². The molecule has 10 heteroatoms. The third kappa shape index (κ3) is 6.25. The summed E-state index contributed by atoms with van der Waals surface area (Å²) >= 11 is 0. The van der Waals surface area contributed by atoms with Gasteiger partial charge in [0.05, 0.1) is 23.5 Å². The Balaban J connectivity index is 2.40. The highest BCUT2D eigenvalue weighted by molar-refractivity contribution is 5.90. The third-order valence-electron chi connectivity index (χ3n) is 5.11. The van der Waals surface area contributed by atoms with Crippen molar-refractivity contribution in [3.63, 3.8) is 0 Å². The molecular weight excluding hydrogens is 432 g/mol. The second-order valence-corrected chi connectivity index (χ2v) is 8.10. The number of benzene rings is 1. The van der Waals surface area contributed by atoms with Crippen LogP contribution in [0.25, 0.3) is 11.0 Å². The van der Waals surface area contributed by atoms with Gasteiger partial charge in [-0.25, -0.2) is 9.78 Å². The van der Waals surface area contributed by atoms with Crippen LogP contribution in [0.5, 0.6) is 0 Å². The largest absolute Gasteiger partial charge is 0.463 e. The molecule has 0 saturated carbocycles. The number of ether oxygens (including phenoxy) is 2. The van der Waals surface area contributed by atoms with Crippen molar-refractivity contribution in [3.05, 3.63) is 52.0 Å². The lowest BCUT2D eigenvalue weighted by atomic mass is 10.1. The Labute approximate surface area is 191 Å². The molecule has 1 heterocycles. The Morgan fingerprint density at radius 2 is 1.76 bits per heavy atom. The van der Waals surface area contributed by atoms with Crippen LogP contribution in [0.3, 0.4) is 0 Å². The minimum absolute atomic E-state index is 0.118. The molecular formula is C23H30N2O8. The number of fused-ring (bicyclic) bond motifs is 1. The highest BCUT2D eigenvalue weighted by Crippen LogP contribution is 2.18. The fraction of sp³-hybridized carbons (Fsp3) is 0.478. The molecule has 0 aliphatic rings. The second kappa shape index (κ2) is 11.2. The number of carbonyl (C=O) groups excluding carboxylic acids is 2. The predicted molar refractivity (Wildman–Crippen MR) is 120 cm³/mol. The van der Waals surface area contributed by atoms with Crippen LogP contribution < -0.4 is 5.56 Å². The van der Waals surface area contributed by atoms with E-state index in [4.69, 9.17) is 9.47 Å². The second-order valence-electron chi connectivity index (χ2n) is 8.10. The first-order valence-corrected chi connectivity index (χ1v) is 10.5. The number of aryl methyl sites for hydroxylation is 2. The summed E-state index contributed by atoms with van der Waals surface area (Å²) in [5.41, 5.74) is 1.04. The molecule has 1 aromatic carbocycles. The molecule has 0 spiro atoms. The number of aromatic nitrogens is 2. The van der Waals surface area contributed by atoms with Crippen molar-refractivity contribution in [2.75, 3.05) is 13.2 Å². The first-order chi connectivity index (χ1) is 15.5. The van der Waals surface area contributed by atoms with Crippen LogP contribution >= 0.6 is 0 Å². The summed E-state index contributed by atoms with van der Waals surface area (Å²) in [7, 11) is 0. The fourth-order valence-corrected chi connectivity index (χ4v) is 3.00. The van der Waals surface area contributed by atoms with Crippen LogP contribution in [-0.2, 0) is 20.8 Å². The van der Waals surface area contributed by atoms with E-state index < -0.39 is 60.6 Å². The van der Waals surface area contributed by atoms with Gasteiger partial charge in [0.1, 0.15) is 31.5 Å². The van der Waals surface area contributed by atoms with E-state index in [2.05, 4.69) is 11.6 Å². The smallest absolute Gasteiger partial charge is 0.363 e. The molecule has 2 aromatic rings. The van der Waals surface area contributed by atoms with E-state index in [9.17, 15) is 29.7 Å². The maximum atomic E-state index is 13.1. The Kier molecular flexibility index (Phi) is 8.86. The molecule has 180 valence electrons. The molecule has 0 amide bonds. The Bertz CT molecular complexity index is 1090. The van der Waals surface area contributed by atoms with Gasteiger partial charge >= 0.3 is 11.9 Å². The van der Waals surface area contributed by atoms with E-state index in [0.717, 1.165) is 15.7 Å². The number of hydrogen-bond donors (Lipinski definition) is 3. The van der Waals surface area contributed by atoms with E-state index in [-0.39, 0.29) is 6.61 Å². The average molecular weight is 462 g/mol.